The summed E-state index contributed by atoms with van der Waals surface area (Å²) in [6.45, 7) is 0. The summed E-state index contributed by atoms with van der Waals surface area (Å²) >= 11 is 6.67. The van der Waals surface area contributed by atoms with Gasteiger partial charge in [0.1, 0.15) is 0 Å². The minimum absolute atomic E-state index is 0.452. The summed E-state index contributed by atoms with van der Waals surface area (Å²) in [5.74, 6) is 0. The highest BCUT2D eigenvalue weighted by atomic mass is 35.5. The lowest BCUT2D eigenvalue weighted by atomic mass is 9.67. The Kier molecular flexibility index (Phi) is 9.18. The Bertz CT molecular complexity index is 2760. The van der Waals surface area contributed by atoms with Crippen LogP contribution in [0.2, 0.25) is 5.02 Å². The van der Waals surface area contributed by atoms with Gasteiger partial charge in [0.15, 0.2) is 0 Å². The zero-order valence-electron chi connectivity index (χ0n) is 31.8. The molecule has 0 unspecified atom stereocenters. The number of rotatable bonds is 9. The van der Waals surface area contributed by atoms with Crippen molar-refractivity contribution in [1.29, 1.82) is 0 Å². The van der Waals surface area contributed by atoms with Gasteiger partial charge in [-0.15, -0.1) is 0 Å². The monoisotopic (exact) mass is 762 g/mol. The molecule has 1 aliphatic carbocycles. The Balaban J connectivity index is 1.08. The maximum Gasteiger partial charge on any atom is 0.0713 e. The number of fused-ring (bicyclic) bond motifs is 3. The molecule has 58 heavy (non-hydrogen) atoms. The lowest BCUT2D eigenvalue weighted by Gasteiger charge is -2.34. The largest absolute Gasteiger partial charge is 0.310 e. The second-order valence-corrected chi connectivity index (χ2v) is 15.1. The van der Waals surface area contributed by atoms with E-state index in [1.165, 1.54) is 38.9 Å². The molecule has 0 aliphatic heterocycles. The zero-order valence-corrected chi connectivity index (χ0v) is 32.5. The molecule has 3 heteroatoms. The highest BCUT2D eigenvalue weighted by Crippen LogP contribution is 2.56. The molecule has 9 aromatic rings. The minimum atomic E-state index is -0.452. The van der Waals surface area contributed by atoms with E-state index in [1.807, 2.05) is 18.2 Å². The van der Waals surface area contributed by atoms with Crippen LogP contribution in [-0.4, -0.2) is 0 Å². The summed E-state index contributed by atoms with van der Waals surface area (Å²) in [6, 6.07) is 84.6. The van der Waals surface area contributed by atoms with Crippen LogP contribution in [0.15, 0.2) is 237 Å². The third-order valence-electron chi connectivity index (χ3n) is 11.4. The van der Waals surface area contributed by atoms with Gasteiger partial charge >= 0.3 is 0 Å². The lowest BCUT2D eigenvalue weighted by Crippen LogP contribution is -2.28. The first-order chi connectivity index (χ1) is 28.7. The van der Waals surface area contributed by atoms with E-state index in [4.69, 9.17) is 11.6 Å². The average molecular weight is 763 g/mol. The van der Waals surface area contributed by atoms with Crippen LogP contribution in [0.5, 0.6) is 0 Å². The highest BCUT2D eigenvalue weighted by molar-refractivity contribution is 6.30. The van der Waals surface area contributed by atoms with E-state index in [2.05, 4.69) is 228 Å². The van der Waals surface area contributed by atoms with Gasteiger partial charge in [-0.05, 0) is 123 Å². The van der Waals surface area contributed by atoms with Crippen LogP contribution < -0.4 is 9.80 Å². The molecule has 0 saturated carbocycles. The molecule has 0 bridgehead atoms. The van der Waals surface area contributed by atoms with Crippen LogP contribution >= 0.6 is 11.6 Å². The Morgan fingerprint density at radius 3 is 1.31 bits per heavy atom. The first-order valence-electron chi connectivity index (χ1n) is 19.7. The number of anilines is 6. The predicted octanol–water partition coefficient (Wildman–Crippen LogP) is 15.3. The fourth-order valence-electron chi connectivity index (χ4n) is 8.86. The second kappa shape index (κ2) is 15.1. The highest BCUT2D eigenvalue weighted by Gasteiger charge is 2.46. The van der Waals surface area contributed by atoms with Gasteiger partial charge in [-0.3, -0.25) is 0 Å². The fraction of sp³-hybridized carbons (Fsp3) is 0.0182. The summed E-state index contributed by atoms with van der Waals surface area (Å²) < 4.78 is 0. The molecule has 0 N–H and O–H groups in total. The molecule has 0 amide bonds. The Labute approximate surface area is 345 Å². The van der Waals surface area contributed by atoms with Crippen LogP contribution in [0.1, 0.15) is 22.3 Å². The lowest BCUT2D eigenvalue weighted by molar-refractivity contribution is 0.769. The summed E-state index contributed by atoms with van der Waals surface area (Å²) in [5.41, 5.74) is 15.8. The summed E-state index contributed by atoms with van der Waals surface area (Å²) in [5, 5.41) is 0.685. The molecular weight excluding hydrogens is 724 g/mol. The van der Waals surface area contributed by atoms with Gasteiger partial charge in [-0.1, -0.05) is 169 Å². The van der Waals surface area contributed by atoms with Gasteiger partial charge in [-0.2, -0.15) is 0 Å². The molecule has 0 atom stereocenters. The fourth-order valence-corrected chi connectivity index (χ4v) is 9.05. The van der Waals surface area contributed by atoms with E-state index < -0.39 is 5.41 Å². The number of hydrogen-bond acceptors (Lipinski definition) is 2. The maximum absolute atomic E-state index is 6.67. The maximum atomic E-state index is 6.67. The van der Waals surface area contributed by atoms with Crippen molar-refractivity contribution >= 4 is 45.7 Å². The molecule has 2 nitrogen and oxygen atoms in total. The standard InChI is InChI=1S/C55H39ClN2/c56-44-21-15-26-48(38-44)58(50-28-16-27-49(39-50)57(45-22-9-3-10-23-45)46-24-11-4-12-25-46)47-34-31-40(32-35-47)41-33-36-52-51-29-13-14-30-53(51)55(54(52)37-41,42-17-5-1-6-18-42)43-19-7-2-8-20-43/h1-39H. The molecule has 0 saturated heterocycles. The van der Waals surface area contributed by atoms with E-state index in [1.54, 1.807) is 0 Å². The first kappa shape index (κ1) is 35.3. The van der Waals surface area contributed by atoms with Crippen molar-refractivity contribution in [2.24, 2.45) is 0 Å². The van der Waals surface area contributed by atoms with Crippen molar-refractivity contribution in [3.8, 4) is 22.3 Å². The SMILES string of the molecule is Clc1cccc(N(c2ccc(-c3ccc4c(c3)C(c3ccccc3)(c3ccccc3)c3ccccc3-4)cc2)c2cccc(N(c3ccccc3)c3ccccc3)c2)c1. The number of halogens is 1. The van der Waals surface area contributed by atoms with E-state index in [0.29, 0.717) is 5.02 Å². The molecule has 276 valence electrons. The average Bonchev–Trinajstić information content (AvgIpc) is 3.59. The number of benzene rings is 9. The van der Waals surface area contributed by atoms with Gasteiger partial charge in [-0.25, -0.2) is 0 Å². The Hall–Kier alpha value is -7.13. The minimum Gasteiger partial charge on any atom is -0.310 e. The van der Waals surface area contributed by atoms with Gasteiger partial charge < -0.3 is 9.80 Å². The molecule has 0 fully saturated rings. The first-order valence-corrected chi connectivity index (χ1v) is 20.1. The number of nitrogens with zero attached hydrogens (tertiary/aromatic N) is 2. The van der Waals surface area contributed by atoms with E-state index in [9.17, 15) is 0 Å². The Morgan fingerprint density at radius 2 is 0.724 bits per heavy atom. The van der Waals surface area contributed by atoms with E-state index in [0.717, 1.165) is 39.7 Å². The summed E-state index contributed by atoms with van der Waals surface area (Å²) in [6.07, 6.45) is 0. The van der Waals surface area contributed by atoms with Crippen molar-refractivity contribution < 1.29 is 0 Å². The van der Waals surface area contributed by atoms with Crippen LogP contribution in [0.4, 0.5) is 34.1 Å². The molecular formula is C55H39ClN2. The normalized spacial score (nSPS) is 12.4. The molecule has 0 radical (unpaired) electrons. The Morgan fingerprint density at radius 1 is 0.293 bits per heavy atom. The van der Waals surface area contributed by atoms with Crippen LogP contribution in [0.25, 0.3) is 22.3 Å². The van der Waals surface area contributed by atoms with Crippen molar-refractivity contribution in [2.75, 3.05) is 9.80 Å². The van der Waals surface area contributed by atoms with Crippen LogP contribution in [0.3, 0.4) is 0 Å². The molecule has 1 aliphatic rings. The third kappa shape index (κ3) is 6.16. The molecule has 0 aromatic heterocycles. The topological polar surface area (TPSA) is 6.48 Å². The summed E-state index contributed by atoms with van der Waals surface area (Å²) in [7, 11) is 0. The van der Waals surface area contributed by atoms with Crippen molar-refractivity contribution in [2.45, 2.75) is 5.41 Å². The predicted molar refractivity (Wildman–Crippen MR) is 244 cm³/mol. The van der Waals surface area contributed by atoms with E-state index in [-0.39, 0.29) is 0 Å². The van der Waals surface area contributed by atoms with Gasteiger partial charge in [0.2, 0.25) is 0 Å². The third-order valence-corrected chi connectivity index (χ3v) is 11.6. The molecule has 10 rings (SSSR count). The number of para-hydroxylation sites is 2. The van der Waals surface area contributed by atoms with Gasteiger partial charge in [0.05, 0.1) is 5.41 Å². The molecule has 9 aromatic carbocycles. The van der Waals surface area contributed by atoms with Crippen molar-refractivity contribution in [1.82, 2.24) is 0 Å². The smallest absolute Gasteiger partial charge is 0.0713 e. The van der Waals surface area contributed by atoms with E-state index >= 15 is 0 Å². The van der Waals surface area contributed by atoms with Gasteiger partial charge in [0, 0.05) is 39.1 Å². The molecule has 0 spiro atoms. The van der Waals surface area contributed by atoms with Crippen molar-refractivity contribution in [3.05, 3.63) is 264 Å². The molecule has 0 heterocycles. The van der Waals surface area contributed by atoms with Crippen LogP contribution in [0, 0.1) is 0 Å². The van der Waals surface area contributed by atoms with Gasteiger partial charge in [0.25, 0.3) is 0 Å². The summed E-state index contributed by atoms with van der Waals surface area (Å²) in [4.78, 5) is 4.57. The number of hydrogen-bond donors (Lipinski definition) is 0. The van der Waals surface area contributed by atoms with Crippen LogP contribution in [-0.2, 0) is 5.41 Å². The quantitative estimate of drug-likeness (QED) is 0.144. The second-order valence-electron chi connectivity index (χ2n) is 14.7. The zero-order chi connectivity index (χ0) is 38.9. The van der Waals surface area contributed by atoms with Crippen molar-refractivity contribution in [3.63, 3.8) is 0 Å².